The first-order chi connectivity index (χ1) is 10.5. The standard InChI is InChI=1S/C13H15N3.C2H2O4/c14-8-10-16-9-4-7-13(16)15-11-12-5-2-1-3-6-12;3-1(4)2(5)6/h1-3,5-6H,4,7,9-11H2;(H,3,4)(H,5,6)/p-2. The van der Waals surface area contributed by atoms with Crippen molar-refractivity contribution < 1.29 is 19.8 Å². The lowest BCUT2D eigenvalue weighted by Gasteiger charge is -2.14. The van der Waals surface area contributed by atoms with Crippen molar-refractivity contribution in [3.63, 3.8) is 0 Å². The first-order valence-electron chi connectivity index (χ1n) is 6.66. The second kappa shape index (κ2) is 9.13. The van der Waals surface area contributed by atoms with Crippen LogP contribution in [-0.2, 0) is 16.1 Å². The molecule has 0 atom stereocenters. The number of carbonyl (C=O) groups excluding carboxylic acids is 2. The van der Waals surface area contributed by atoms with Crippen molar-refractivity contribution in [1.29, 1.82) is 5.26 Å². The number of amidine groups is 1. The van der Waals surface area contributed by atoms with E-state index in [1.165, 1.54) is 5.56 Å². The van der Waals surface area contributed by atoms with E-state index in [4.69, 9.17) is 25.1 Å². The summed E-state index contributed by atoms with van der Waals surface area (Å²) < 4.78 is 0. The highest BCUT2D eigenvalue weighted by molar-refractivity contribution is 6.25. The number of rotatable bonds is 3. The van der Waals surface area contributed by atoms with E-state index in [9.17, 15) is 0 Å². The van der Waals surface area contributed by atoms with E-state index in [2.05, 4.69) is 28.1 Å². The second-order valence-corrected chi connectivity index (χ2v) is 4.48. The van der Waals surface area contributed by atoms with Crippen molar-refractivity contribution in [1.82, 2.24) is 4.90 Å². The van der Waals surface area contributed by atoms with Gasteiger partial charge in [-0.15, -0.1) is 0 Å². The Kier molecular flexibility index (Phi) is 7.13. The number of carboxylic acid groups (broad SMARTS) is 2. The first kappa shape index (κ1) is 17.2. The van der Waals surface area contributed by atoms with Gasteiger partial charge in [0.1, 0.15) is 12.4 Å². The van der Waals surface area contributed by atoms with E-state index in [0.29, 0.717) is 6.54 Å². The van der Waals surface area contributed by atoms with Gasteiger partial charge in [-0.1, -0.05) is 30.3 Å². The van der Waals surface area contributed by atoms with Gasteiger partial charge in [0.05, 0.1) is 24.6 Å². The molecular formula is C15H15N3O4-2. The molecule has 22 heavy (non-hydrogen) atoms. The highest BCUT2D eigenvalue weighted by atomic mass is 16.4. The molecule has 0 spiro atoms. The molecule has 7 nitrogen and oxygen atoms in total. The summed E-state index contributed by atoms with van der Waals surface area (Å²) in [6.07, 6.45) is 2.13. The maximum Gasteiger partial charge on any atom is 0.106 e. The fourth-order valence-corrected chi connectivity index (χ4v) is 1.92. The number of carbonyl (C=O) groups is 2. The smallest absolute Gasteiger partial charge is 0.106 e. The molecule has 1 aliphatic heterocycles. The van der Waals surface area contributed by atoms with Gasteiger partial charge >= 0.3 is 0 Å². The van der Waals surface area contributed by atoms with Gasteiger partial charge in [-0.05, 0) is 12.0 Å². The van der Waals surface area contributed by atoms with E-state index in [1.807, 2.05) is 18.2 Å². The van der Waals surface area contributed by atoms with Crippen LogP contribution in [0.4, 0.5) is 0 Å². The Morgan fingerprint density at radius 2 is 1.86 bits per heavy atom. The predicted octanol–water partition coefficient (Wildman–Crippen LogP) is -1.31. The Balaban J connectivity index is 0.000000346. The van der Waals surface area contributed by atoms with Gasteiger partial charge < -0.3 is 24.7 Å². The average molecular weight is 301 g/mol. The van der Waals surface area contributed by atoms with Crippen LogP contribution in [0.25, 0.3) is 0 Å². The van der Waals surface area contributed by atoms with E-state index < -0.39 is 11.9 Å². The molecular weight excluding hydrogens is 286 g/mol. The van der Waals surface area contributed by atoms with Crippen LogP contribution in [0, 0.1) is 11.3 Å². The summed E-state index contributed by atoms with van der Waals surface area (Å²) in [4.78, 5) is 24.5. The van der Waals surface area contributed by atoms with E-state index in [1.54, 1.807) is 0 Å². The number of benzene rings is 1. The Hall–Kier alpha value is -2.88. The Morgan fingerprint density at radius 3 is 2.41 bits per heavy atom. The summed E-state index contributed by atoms with van der Waals surface area (Å²) in [5.41, 5.74) is 1.22. The van der Waals surface area contributed by atoms with Crippen LogP contribution >= 0.6 is 0 Å². The minimum atomic E-state index is -2.19. The molecule has 0 amide bonds. The van der Waals surface area contributed by atoms with E-state index in [-0.39, 0.29) is 0 Å². The molecule has 7 heteroatoms. The number of nitriles is 1. The number of hydrogen-bond acceptors (Lipinski definition) is 6. The Bertz CT molecular complexity index is 566. The van der Waals surface area contributed by atoms with Gasteiger partial charge in [0, 0.05) is 13.0 Å². The van der Waals surface area contributed by atoms with Gasteiger partial charge in [-0.2, -0.15) is 5.26 Å². The summed E-state index contributed by atoms with van der Waals surface area (Å²) in [6.45, 7) is 2.16. The summed E-state index contributed by atoms with van der Waals surface area (Å²) in [5, 5.41) is 26.5. The molecule has 0 aromatic heterocycles. The third-order valence-electron chi connectivity index (χ3n) is 2.91. The largest absolute Gasteiger partial charge is 0.543 e. The summed E-state index contributed by atoms with van der Waals surface area (Å²) in [6, 6.07) is 12.4. The summed E-state index contributed by atoms with van der Waals surface area (Å²) in [5.74, 6) is -3.28. The number of hydrogen-bond donors (Lipinski definition) is 0. The Labute approximate surface area is 128 Å². The zero-order valence-corrected chi connectivity index (χ0v) is 11.9. The molecule has 1 aliphatic rings. The highest BCUT2D eigenvalue weighted by Gasteiger charge is 2.17. The maximum absolute atomic E-state index is 8.93. The minimum absolute atomic E-state index is 0.466. The van der Waals surface area contributed by atoms with E-state index in [0.717, 1.165) is 31.8 Å². The molecule has 0 N–H and O–H groups in total. The molecule has 1 saturated heterocycles. The number of aliphatic imine (C=N–C) groups is 1. The number of nitrogens with zero attached hydrogens (tertiary/aromatic N) is 3. The van der Waals surface area contributed by atoms with Crippen LogP contribution in [0.5, 0.6) is 0 Å². The van der Waals surface area contributed by atoms with Crippen LogP contribution in [0.2, 0.25) is 0 Å². The third kappa shape index (κ3) is 6.05. The van der Waals surface area contributed by atoms with Crippen LogP contribution in [0.3, 0.4) is 0 Å². The fraction of sp³-hybridized carbons (Fsp3) is 0.333. The Morgan fingerprint density at radius 1 is 1.23 bits per heavy atom. The van der Waals surface area contributed by atoms with Crippen LogP contribution in [0.1, 0.15) is 18.4 Å². The van der Waals surface area contributed by atoms with Gasteiger partial charge in [0.25, 0.3) is 0 Å². The molecule has 0 unspecified atom stereocenters. The molecule has 0 saturated carbocycles. The predicted molar refractivity (Wildman–Crippen MR) is 74.0 cm³/mol. The second-order valence-electron chi connectivity index (χ2n) is 4.48. The van der Waals surface area contributed by atoms with Crippen molar-refractivity contribution in [3.8, 4) is 6.07 Å². The zero-order valence-electron chi connectivity index (χ0n) is 11.9. The average Bonchev–Trinajstić information content (AvgIpc) is 2.94. The van der Waals surface area contributed by atoms with E-state index >= 15 is 0 Å². The lowest BCUT2D eigenvalue weighted by Crippen LogP contribution is -2.42. The molecule has 0 radical (unpaired) electrons. The van der Waals surface area contributed by atoms with Gasteiger partial charge in [-0.3, -0.25) is 4.99 Å². The normalized spacial score (nSPS) is 14.9. The third-order valence-corrected chi connectivity index (χ3v) is 2.91. The molecule has 1 heterocycles. The van der Waals surface area contributed by atoms with Gasteiger partial charge in [0.2, 0.25) is 0 Å². The van der Waals surface area contributed by atoms with Crippen LogP contribution < -0.4 is 10.2 Å². The molecule has 1 aromatic carbocycles. The SMILES string of the molecule is N#CCN1CCCC1=NCc1ccccc1.O=C([O-])C(=O)[O-]. The number of likely N-dealkylation sites (tertiary alicyclic amines) is 1. The van der Waals surface area contributed by atoms with Crippen molar-refractivity contribution in [2.45, 2.75) is 19.4 Å². The van der Waals surface area contributed by atoms with Crippen molar-refractivity contribution in [2.24, 2.45) is 4.99 Å². The summed E-state index contributed by atoms with van der Waals surface area (Å²) >= 11 is 0. The lowest BCUT2D eigenvalue weighted by atomic mass is 10.2. The van der Waals surface area contributed by atoms with Gasteiger partial charge in [0.15, 0.2) is 0 Å². The maximum atomic E-state index is 8.93. The molecule has 0 bridgehead atoms. The zero-order chi connectivity index (χ0) is 16.4. The van der Waals surface area contributed by atoms with Crippen LogP contribution in [-0.4, -0.2) is 35.8 Å². The number of carboxylic acids is 2. The lowest BCUT2D eigenvalue weighted by molar-refractivity contribution is -0.345. The first-order valence-corrected chi connectivity index (χ1v) is 6.66. The summed E-state index contributed by atoms with van der Waals surface area (Å²) in [7, 11) is 0. The fourth-order valence-electron chi connectivity index (χ4n) is 1.92. The molecule has 2 rings (SSSR count). The highest BCUT2D eigenvalue weighted by Crippen LogP contribution is 2.12. The number of aliphatic carboxylic acids is 2. The minimum Gasteiger partial charge on any atom is -0.543 e. The molecule has 1 fully saturated rings. The molecule has 116 valence electrons. The van der Waals surface area contributed by atoms with Crippen molar-refractivity contribution in [3.05, 3.63) is 35.9 Å². The topological polar surface area (TPSA) is 120 Å². The molecule has 1 aromatic rings. The monoisotopic (exact) mass is 301 g/mol. The van der Waals surface area contributed by atoms with Crippen molar-refractivity contribution in [2.75, 3.05) is 13.1 Å². The van der Waals surface area contributed by atoms with Crippen molar-refractivity contribution >= 4 is 17.8 Å². The van der Waals surface area contributed by atoms with Gasteiger partial charge in [-0.25, -0.2) is 0 Å². The van der Waals surface area contributed by atoms with Crippen LogP contribution in [0.15, 0.2) is 35.3 Å². The quantitative estimate of drug-likeness (QED) is 0.505. The molecule has 0 aliphatic carbocycles.